The Labute approximate surface area is 378 Å². The highest BCUT2D eigenvalue weighted by Crippen LogP contribution is 2.63. The number of benzene rings is 9. The molecule has 0 N–H and O–H groups in total. The average molecular weight is 844 g/mol. The SMILES string of the molecule is CC(C)(C)c1ccc2c(c1)sc1ccc(N(c3ccccc3)c3ccc4c(c3)Sc3ccccc3C43c4ccccc4-c4ccccc43)c(C(c3ccccc3)c3ccccc3)c12. The maximum Gasteiger partial charge on any atom is 0.0735 e. The number of rotatable bonds is 6. The first kappa shape index (κ1) is 38.1. The summed E-state index contributed by atoms with van der Waals surface area (Å²) in [6.07, 6.45) is 0. The molecule has 63 heavy (non-hydrogen) atoms. The highest BCUT2D eigenvalue weighted by Gasteiger charge is 2.50. The minimum atomic E-state index is -0.433. The Morgan fingerprint density at radius 3 is 1.68 bits per heavy atom. The van der Waals surface area contributed by atoms with Crippen LogP contribution < -0.4 is 4.90 Å². The van der Waals surface area contributed by atoms with Crippen molar-refractivity contribution in [3.63, 3.8) is 0 Å². The number of fused-ring (bicyclic) bond motifs is 12. The predicted octanol–water partition coefficient (Wildman–Crippen LogP) is 16.8. The molecule has 1 aliphatic heterocycles. The van der Waals surface area contributed by atoms with Crippen molar-refractivity contribution in [2.24, 2.45) is 0 Å². The lowest BCUT2D eigenvalue weighted by Gasteiger charge is -2.40. The van der Waals surface area contributed by atoms with Crippen molar-refractivity contribution >= 4 is 60.3 Å². The van der Waals surface area contributed by atoms with Gasteiger partial charge in [0.15, 0.2) is 0 Å². The third kappa shape index (κ3) is 5.90. The second-order valence-corrected chi connectivity index (χ2v) is 20.1. The van der Waals surface area contributed by atoms with Crippen molar-refractivity contribution in [2.75, 3.05) is 4.90 Å². The first-order valence-electron chi connectivity index (χ1n) is 22.0. The van der Waals surface area contributed by atoms with Crippen LogP contribution in [0.2, 0.25) is 0 Å². The van der Waals surface area contributed by atoms with E-state index in [2.05, 4.69) is 238 Å². The van der Waals surface area contributed by atoms with Crippen LogP contribution in [0.25, 0.3) is 31.3 Å². The van der Waals surface area contributed by atoms with E-state index in [1.54, 1.807) is 0 Å². The molecule has 12 rings (SSSR count). The van der Waals surface area contributed by atoms with Crippen molar-refractivity contribution in [2.45, 2.75) is 47.3 Å². The quantitative estimate of drug-likeness (QED) is 0.153. The van der Waals surface area contributed by atoms with Gasteiger partial charge in [-0.3, -0.25) is 0 Å². The number of hydrogen-bond donors (Lipinski definition) is 0. The molecule has 2 heterocycles. The van der Waals surface area contributed by atoms with Crippen LogP contribution in [0.4, 0.5) is 17.1 Å². The van der Waals surface area contributed by atoms with Gasteiger partial charge in [-0.2, -0.15) is 0 Å². The van der Waals surface area contributed by atoms with Crippen molar-refractivity contribution < 1.29 is 0 Å². The first-order valence-corrected chi connectivity index (χ1v) is 23.6. The van der Waals surface area contributed by atoms with Crippen LogP contribution in [-0.4, -0.2) is 0 Å². The number of anilines is 3. The van der Waals surface area contributed by atoms with E-state index in [4.69, 9.17) is 0 Å². The highest BCUT2D eigenvalue weighted by molar-refractivity contribution is 7.99. The lowest BCUT2D eigenvalue weighted by atomic mass is 9.67. The Hall–Kier alpha value is -6.65. The molecule has 9 aromatic carbocycles. The van der Waals surface area contributed by atoms with Crippen molar-refractivity contribution in [3.8, 4) is 11.1 Å². The van der Waals surface area contributed by atoms with E-state index >= 15 is 0 Å². The monoisotopic (exact) mass is 843 g/mol. The molecule has 0 saturated heterocycles. The molecule has 1 nitrogen and oxygen atoms in total. The highest BCUT2D eigenvalue weighted by atomic mass is 32.2. The van der Waals surface area contributed by atoms with Gasteiger partial charge in [0.25, 0.3) is 0 Å². The number of para-hydroxylation sites is 1. The van der Waals surface area contributed by atoms with Crippen LogP contribution in [0.5, 0.6) is 0 Å². The van der Waals surface area contributed by atoms with Gasteiger partial charge in [0.1, 0.15) is 0 Å². The summed E-state index contributed by atoms with van der Waals surface area (Å²) in [5.74, 6) is -0.0361. The smallest absolute Gasteiger partial charge is 0.0735 e. The maximum atomic E-state index is 2.53. The molecule has 0 amide bonds. The summed E-state index contributed by atoms with van der Waals surface area (Å²) in [6.45, 7) is 6.93. The lowest BCUT2D eigenvalue weighted by Crippen LogP contribution is -2.32. The van der Waals surface area contributed by atoms with Gasteiger partial charge in [0.05, 0.1) is 11.1 Å². The summed E-state index contributed by atoms with van der Waals surface area (Å²) in [5, 5.41) is 2.63. The lowest BCUT2D eigenvalue weighted by molar-refractivity contribution is 0.591. The molecule has 3 heteroatoms. The van der Waals surface area contributed by atoms with E-state index in [-0.39, 0.29) is 11.3 Å². The van der Waals surface area contributed by atoms with Crippen molar-refractivity contribution in [1.29, 1.82) is 0 Å². The molecule has 1 aliphatic carbocycles. The normalized spacial score (nSPS) is 13.5. The van der Waals surface area contributed by atoms with Crippen molar-refractivity contribution in [1.82, 2.24) is 0 Å². The molecule has 0 saturated carbocycles. The van der Waals surface area contributed by atoms with E-state index in [1.807, 2.05) is 23.1 Å². The Kier molecular flexibility index (Phi) is 8.90. The Balaban J connectivity index is 1.15. The predicted molar refractivity (Wildman–Crippen MR) is 268 cm³/mol. The summed E-state index contributed by atoms with van der Waals surface area (Å²) in [6, 6.07) is 79.8. The zero-order chi connectivity index (χ0) is 42.3. The topological polar surface area (TPSA) is 3.24 Å². The number of nitrogens with zero attached hydrogens (tertiary/aromatic N) is 1. The molecule has 0 radical (unpaired) electrons. The zero-order valence-electron chi connectivity index (χ0n) is 35.5. The molecule has 0 bridgehead atoms. The fourth-order valence-electron chi connectivity index (χ4n) is 10.6. The largest absolute Gasteiger partial charge is 0.310 e. The second kappa shape index (κ2) is 14.7. The van der Waals surface area contributed by atoms with Crippen LogP contribution in [0.15, 0.2) is 222 Å². The molecule has 2 aliphatic rings. The molecule has 302 valence electrons. The third-order valence-electron chi connectivity index (χ3n) is 13.4. The van der Waals surface area contributed by atoms with Crippen LogP contribution in [0, 0.1) is 0 Å². The summed E-state index contributed by atoms with van der Waals surface area (Å²) >= 11 is 3.82. The van der Waals surface area contributed by atoms with E-state index < -0.39 is 5.41 Å². The Morgan fingerprint density at radius 2 is 1.03 bits per heavy atom. The first-order chi connectivity index (χ1) is 30.9. The molecule has 0 fully saturated rings. The van der Waals surface area contributed by atoms with Gasteiger partial charge in [0, 0.05) is 47.3 Å². The zero-order valence-corrected chi connectivity index (χ0v) is 37.2. The van der Waals surface area contributed by atoms with E-state index in [0.717, 1.165) is 11.4 Å². The third-order valence-corrected chi connectivity index (χ3v) is 15.7. The number of thiophene rings is 1. The fourth-order valence-corrected chi connectivity index (χ4v) is 13.0. The second-order valence-electron chi connectivity index (χ2n) is 18.0. The summed E-state index contributed by atoms with van der Waals surface area (Å²) < 4.78 is 2.63. The molecule has 0 atom stereocenters. The Morgan fingerprint density at radius 1 is 0.460 bits per heavy atom. The summed E-state index contributed by atoms with van der Waals surface area (Å²) in [7, 11) is 0. The summed E-state index contributed by atoms with van der Waals surface area (Å²) in [5.41, 5.74) is 16.3. The minimum absolute atomic E-state index is 0.0361. The van der Waals surface area contributed by atoms with Crippen LogP contribution >= 0.6 is 23.1 Å². The van der Waals surface area contributed by atoms with E-state index in [1.165, 1.54) is 91.3 Å². The van der Waals surface area contributed by atoms with E-state index in [9.17, 15) is 0 Å². The van der Waals surface area contributed by atoms with Gasteiger partial charge in [0.2, 0.25) is 0 Å². The van der Waals surface area contributed by atoms with Gasteiger partial charge in [-0.15, -0.1) is 11.3 Å². The molecule has 1 spiro atoms. The molecule has 0 unspecified atom stereocenters. The van der Waals surface area contributed by atoms with Gasteiger partial charge < -0.3 is 4.90 Å². The fraction of sp³-hybridized carbons (Fsp3) is 0.100. The standard InChI is InChI=1S/C60H45NS2/c1-59(2,3)41-31-33-46-54(37-41)63-53-36-35-51(58(57(46)53)56(39-19-7-4-8-20-39)40-21-9-5-10-22-40)61(42-23-11-6-12-24-42)43-32-34-50-55(38-43)62-52-30-18-17-29-49(52)60(50)47-27-15-13-25-44(47)45-26-14-16-28-48(45)60/h4-38,56H,1-3H3. The minimum Gasteiger partial charge on any atom is -0.310 e. The average Bonchev–Trinajstić information content (AvgIpc) is 3.84. The van der Waals surface area contributed by atoms with E-state index in [0.29, 0.717) is 0 Å². The Bertz CT molecular complexity index is 3270. The maximum absolute atomic E-state index is 2.53. The van der Waals surface area contributed by atoms with Gasteiger partial charge in [-0.1, -0.05) is 196 Å². The van der Waals surface area contributed by atoms with Crippen LogP contribution in [-0.2, 0) is 10.8 Å². The molecule has 10 aromatic rings. The van der Waals surface area contributed by atoms with Gasteiger partial charge in [-0.25, -0.2) is 0 Å². The molecule has 1 aromatic heterocycles. The van der Waals surface area contributed by atoms with Crippen molar-refractivity contribution in [3.05, 3.63) is 257 Å². The number of hydrogen-bond acceptors (Lipinski definition) is 3. The van der Waals surface area contributed by atoms with Crippen LogP contribution in [0.3, 0.4) is 0 Å². The van der Waals surface area contributed by atoms with Crippen LogP contribution in [0.1, 0.15) is 71.2 Å². The van der Waals surface area contributed by atoms with Gasteiger partial charge in [-0.05, 0) is 110 Å². The summed E-state index contributed by atoms with van der Waals surface area (Å²) in [4.78, 5) is 5.11. The molecular formula is C60H45NS2. The van der Waals surface area contributed by atoms with Gasteiger partial charge >= 0.3 is 0 Å². The molecular weight excluding hydrogens is 799 g/mol.